The number of benzene rings is 1. The summed E-state index contributed by atoms with van der Waals surface area (Å²) in [4.78, 5) is 8.27. The molecule has 0 saturated carbocycles. The SMILES string of the molecule is CCCNc1nc(COc2ccccc2)nc(C)c1F. The number of hydrogen-bond donors (Lipinski definition) is 1. The van der Waals surface area contributed by atoms with Gasteiger partial charge < -0.3 is 10.1 Å². The molecule has 0 unspecified atom stereocenters. The Morgan fingerprint density at radius 2 is 1.95 bits per heavy atom. The number of aromatic nitrogens is 2. The standard InChI is InChI=1S/C15H18FN3O/c1-3-9-17-15-14(16)11(2)18-13(19-15)10-20-12-7-5-4-6-8-12/h4-8H,3,9-10H2,1-2H3,(H,17,18,19). The van der Waals surface area contributed by atoms with Crippen molar-refractivity contribution in [1.82, 2.24) is 9.97 Å². The van der Waals surface area contributed by atoms with E-state index in [1.165, 1.54) is 0 Å². The number of halogens is 1. The third-order valence-electron chi connectivity index (χ3n) is 2.72. The molecule has 106 valence electrons. The van der Waals surface area contributed by atoms with E-state index in [0.717, 1.165) is 12.2 Å². The maximum Gasteiger partial charge on any atom is 0.186 e. The summed E-state index contributed by atoms with van der Waals surface area (Å²) in [6.45, 7) is 4.52. The highest BCUT2D eigenvalue weighted by Gasteiger charge is 2.11. The van der Waals surface area contributed by atoms with Gasteiger partial charge in [0.1, 0.15) is 12.4 Å². The van der Waals surface area contributed by atoms with E-state index in [4.69, 9.17) is 4.74 Å². The maximum absolute atomic E-state index is 13.8. The first-order valence-electron chi connectivity index (χ1n) is 6.65. The van der Waals surface area contributed by atoms with Crippen LogP contribution < -0.4 is 10.1 Å². The van der Waals surface area contributed by atoms with Gasteiger partial charge in [-0.25, -0.2) is 14.4 Å². The Labute approximate surface area is 118 Å². The number of para-hydroxylation sites is 1. The van der Waals surface area contributed by atoms with Crippen LogP contribution in [0.4, 0.5) is 10.2 Å². The van der Waals surface area contributed by atoms with Crippen LogP contribution in [0.5, 0.6) is 5.75 Å². The van der Waals surface area contributed by atoms with Crippen LogP contribution in [0.3, 0.4) is 0 Å². The Morgan fingerprint density at radius 1 is 1.20 bits per heavy atom. The lowest BCUT2D eigenvalue weighted by molar-refractivity contribution is 0.295. The minimum absolute atomic E-state index is 0.214. The van der Waals surface area contributed by atoms with Gasteiger partial charge in [-0.3, -0.25) is 0 Å². The molecule has 0 bridgehead atoms. The molecule has 1 aromatic carbocycles. The highest BCUT2D eigenvalue weighted by Crippen LogP contribution is 2.15. The number of rotatable bonds is 6. The second kappa shape index (κ2) is 6.84. The van der Waals surface area contributed by atoms with E-state index in [2.05, 4.69) is 15.3 Å². The normalized spacial score (nSPS) is 10.3. The van der Waals surface area contributed by atoms with Gasteiger partial charge in [0.25, 0.3) is 0 Å². The Kier molecular flexibility index (Phi) is 4.87. The number of nitrogens with one attached hydrogen (secondary N) is 1. The number of ether oxygens (including phenoxy) is 1. The van der Waals surface area contributed by atoms with Crippen LogP contribution in [-0.2, 0) is 6.61 Å². The molecule has 1 N–H and O–H groups in total. The molecular weight excluding hydrogens is 257 g/mol. The quantitative estimate of drug-likeness (QED) is 0.878. The molecule has 0 aliphatic heterocycles. The summed E-state index contributed by atoms with van der Waals surface area (Å²) in [6.07, 6.45) is 0.901. The molecule has 1 heterocycles. The van der Waals surface area contributed by atoms with Crippen LogP contribution in [0.15, 0.2) is 30.3 Å². The fourth-order valence-corrected chi connectivity index (χ4v) is 1.71. The molecule has 0 aliphatic carbocycles. The predicted molar refractivity (Wildman–Crippen MR) is 76.3 cm³/mol. The van der Waals surface area contributed by atoms with Crippen LogP contribution in [0.1, 0.15) is 24.9 Å². The van der Waals surface area contributed by atoms with Crippen molar-refractivity contribution in [3.05, 3.63) is 47.7 Å². The summed E-state index contributed by atoms with van der Waals surface area (Å²) >= 11 is 0. The molecule has 0 radical (unpaired) electrons. The third kappa shape index (κ3) is 3.66. The Balaban J connectivity index is 2.09. The van der Waals surface area contributed by atoms with Crippen molar-refractivity contribution in [1.29, 1.82) is 0 Å². The Morgan fingerprint density at radius 3 is 2.65 bits per heavy atom. The molecule has 5 heteroatoms. The van der Waals surface area contributed by atoms with Gasteiger partial charge in [-0.15, -0.1) is 0 Å². The average molecular weight is 275 g/mol. The molecule has 20 heavy (non-hydrogen) atoms. The van der Waals surface area contributed by atoms with E-state index >= 15 is 0 Å². The average Bonchev–Trinajstić information content (AvgIpc) is 2.48. The lowest BCUT2D eigenvalue weighted by Crippen LogP contribution is -2.11. The third-order valence-corrected chi connectivity index (χ3v) is 2.72. The number of aryl methyl sites for hydroxylation is 1. The summed E-state index contributed by atoms with van der Waals surface area (Å²) in [7, 11) is 0. The smallest absolute Gasteiger partial charge is 0.186 e. The number of nitrogens with zero attached hydrogens (tertiary/aromatic N) is 2. The summed E-state index contributed by atoms with van der Waals surface area (Å²) in [5.74, 6) is 1.04. The molecule has 0 spiro atoms. The van der Waals surface area contributed by atoms with Crippen LogP contribution >= 0.6 is 0 Å². The second-order valence-electron chi connectivity index (χ2n) is 4.42. The Bertz CT molecular complexity index is 561. The van der Waals surface area contributed by atoms with E-state index < -0.39 is 5.82 Å². The van der Waals surface area contributed by atoms with Gasteiger partial charge in [-0.2, -0.15) is 0 Å². The zero-order chi connectivity index (χ0) is 14.4. The van der Waals surface area contributed by atoms with Gasteiger partial charge in [0.2, 0.25) is 0 Å². The number of anilines is 1. The fourth-order valence-electron chi connectivity index (χ4n) is 1.71. The zero-order valence-electron chi connectivity index (χ0n) is 11.7. The van der Waals surface area contributed by atoms with E-state index in [1.807, 2.05) is 37.3 Å². The van der Waals surface area contributed by atoms with E-state index in [0.29, 0.717) is 18.1 Å². The summed E-state index contributed by atoms with van der Waals surface area (Å²) in [6, 6.07) is 9.40. The molecule has 2 aromatic rings. The minimum Gasteiger partial charge on any atom is -0.486 e. The number of hydrogen-bond acceptors (Lipinski definition) is 4. The van der Waals surface area contributed by atoms with Crippen LogP contribution in [0.2, 0.25) is 0 Å². The van der Waals surface area contributed by atoms with Crippen LogP contribution in [0.25, 0.3) is 0 Å². The minimum atomic E-state index is -0.401. The van der Waals surface area contributed by atoms with Crippen molar-refractivity contribution >= 4 is 5.82 Å². The van der Waals surface area contributed by atoms with Gasteiger partial charge in [-0.05, 0) is 25.5 Å². The van der Waals surface area contributed by atoms with Gasteiger partial charge in [0, 0.05) is 6.54 Å². The molecular formula is C15H18FN3O. The van der Waals surface area contributed by atoms with Crippen molar-refractivity contribution in [2.24, 2.45) is 0 Å². The van der Waals surface area contributed by atoms with Gasteiger partial charge >= 0.3 is 0 Å². The first-order chi connectivity index (χ1) is 9.70. The molecule has 0 fully saturated rings. The summed E-state index contributed by atoms with van der Waals surface area (Å²) in [5, 5.41) is 2.96. The monoisotopic (exact) mass is 275 g/mol. The topological polar surface area (TPSA) is 47.0 Å². The first kappa shape index (κ1) is 14.2. The maximum atomic E-state index is 13.8. The molecule has 0 amide bonds. The molecule has 2 rings (SSSR count). The van der Waals surface area contributed by atoms with Crippen molar-refractivity contribution in [2.45, 2.75) is 26.9 Å². The van der Waals surface area contributed by atoms with Crippen molar-refractivity contribution in [2.75, 3.05) is 11.9 Å². The van der Waals surface area contributed by atoms with Crippen LogP contribution in [0, 0.1) is 12.7 Å². The summed E-state index contributed by atoms with van der Waals surface area (Å²) in [5.41, 5.74) is 0.324. The summed E-state index contributed by atoms with van der Waals surface area (Å²) < 4.78 is 19.4. The molecule has 1 aromatic heterocycles. The van der Waals surface area contributed by atoms with Crippen molar-refractivity contribution < 1.29 is 9.13 Å². The molecule has 0 aliphatic rings. The van der Waals surface area contributed by atoms with E-state index in [9.17, 15) is 4.39 Å². The molecule has 4 nitrogen and oxygen atoms in total. The van der Waals surface area contributed by atoms with Gasteiger partial charge in [0.15, 0.2) is 17.5 Å². The predicted octanol–water partition coefficient (Wildman–Crippen LogP) is 3.33. The van der Waals surface area contributed by atoms with Crippen LogP contribution in [-0.4, -0.2) is 16.5 Å². The second-order valence-corrected chi connectivity index (χ2v) is 4.42. The Hall–Kier alpha value is -2.17. The van der Waals surface area contributed by atoms with E-state index in [-0.39, 0.29) is 12.4 Å². The highest BCUT2D eigenvalue weighted by molar-refractivity contribution is 5.38. The lowest BCUT2D eigenvalue weighted by atomic mass is 10.3. The lowest BCUT2D eigenvalue weighted by Gasteiger charge is -2.10. The van der Waals surface area contributed by atoms with Crippen molar-refractivity contribution in [3.8, 4) is 5.75 Å². The van der Waals surface area contributed by atoms with Gasteiger partial charge in [-0.1, -0.05) is 25.1 Å². The van der Waals surface area contributed by atoms with Crippen molar-refractivity contribution in [3.63, 3.8) is 0 Å². The largest absolute Gasteiger partial charge is 0.486 e. The molecule has 0 saturated heterocycles. The van der Waals surface area contributed by atoms with E-state index in [1.54, 1.807) is 6.92 Å². The fraction of sp³-hybridized carbons (Fsp3) is 0.333. The molecule has 0 atom stereocenters. The highest BCUT2D eigenvalue weighted by atomic mass is 19.1. The zero-order valence-corrected chi connectivity index (χ0v) is 11.7. The first-order valence-corrected chi connectivity index (χ1v) is 6.65. The van der Waals surface area contributed by atoms with Gasteiger partial charge in [0.05, 0.1) is 5.69 Å².